The van der Waals surface area contributed by atoms with Crippen molar-refractivity contribution in [3.8, 4) is 5.75 Å². The molecule has 1 aromatic rings. The summed E-state index contributed by atoms with van der Waals surface area (Å²) in [5, 5.41) is 11.8. The van der Waals surface area contributed by atoms with E-state index in [0.29, 0.717) is 17.1 Å². The molecule has 2 aliphatic rings. The van der Waals surface area contributed by atoms with Crippen LogP contribution < -0.4 is 9.64 Å². The van der Waals surface area contributed by atoms with Crippen LogP contribution in [-0.2, 0) is 19.1 Å². The lowest BCUT2D eigenvalue weighted by Gasteiger charge is -2.44. The molecule has 8 heteroatoms. The van der Waals surface area contributed by atoms with Crippen molar-refractivity contribution in [1.29, 1.82) is 0 Å². The predicted molar refractivity (Wildman–Crippen MR) is 119 cm³/mol. The van der Waals surface area contributed by atoms with E-state index in [-0.39, 0.29) is 30.7 Å². The van der Waals surface area contributed by atoms with E-state index in [4.69, 9.17) is 9.47 Å². The number of benzene rings is 1. The Morgan fingerprint density at radius 3 is 2.34 bits per heavy atom. The standard InChI is InChI=1S/C24H32N2O6/c1-5-32-23(29)21-16(2)26(19-9-7-6-8-10-19)24(30,22(21)28)15-25(17(3)27)18-11-13-20(31-4)14-12-18/h11-14,19,30H,5-10,15H2,1-4H3. The van der Waals surface area contributed by atoms with Gasteiger partial charge in [-0.2, -0.15) is 0 Å². The van der Waals surface area contributed by atoms with Gasteiger partial charge in [0.1, 0.15) is 11.3 Å². The summed E-state index contributed by atoms with van der Waals surface area (Å²) in [5.41, 5.74) is -1.27. The maximum absolute atomic E-state index is 13.5. The van der Waals surface area contributed by atoms with Gasteiger partial charge in [-0.1, -0.05) is 19.3 Å². The molecule has 3 rings (SSSR count). The number of aliphatic hydroxyl groups is 1. The van der Waals surface area contributed by atoms with Crippen LogP contribution in [-0.4, -0.2) is 59.7 Å². The Labute approximate surface area is 188 Å². The summed E-state index contributed by atoms with van der Waals surface area (Å²) in [5.74, 6) is -1.18. The molecule has 1 atom stereocenters. The number of methoxy groups -OCH3 is 1. The Morgan fingerprint density at radius 2 is 1.81 bits per heavy atom. The lowest BCUT2D eigenvalue weighted by atomic mass is 9.92. The fraction of sp³-hybridized carbons (Fsp3) is 0.542. The molecule has 1 fully saturated rings. The summed E-state index contributed by atoms with van der Waals surface area (Å²) in [6.07, 6.45) is 4.64. The van der Waals surface area contributed by atoms with Gasteiger partial charge in [0.2, 0.25) is 17.4 Å². The Balaban J connectivity index is 2.02. The number of hydrogen-bond donors (Lipinski definition) is 1. The highest BCUT2D eigenvalue weighted by Gasteiger charge is 2.56. The first-order valence-electron chi connectivity index (χ1n) is 11.1. The van der Waals surface area contributed by atoms with Crippen LogP contribution in [0.2, 0.25) is 0 Å². The van der Waals surface area contributed by atoms with Gasteiger partial charge in [-0.05, 0) is 51.0 Å². The highest BCUT2D eigenvalue weighted by Crippen LogP contribution is 2.40. The van der Waals surface area contributed by atoms with E-state index in [9.17, 15) is 19.5 Å². The highest BCUT2D eigenvalue weighted by molar-refractivity contribution is 6.23. The maximum Gasteiger partial charge on any atom is 0.343 e. The number of ketones is 1. The zero-order valence-electron chi connectivity index (χ0n) is 19.2. The van der Waals surface area contributed by atoms with Gasteiger partial charge in [0.25, 0.3) is 0 Å². The summed E-state index contributed by atoms with van der Waals surface area (Å²) in [4.78, 5) is 41.7. The van der Waals surface area contributed by atoms with Crippen LogP contribution in [0.15, 0.2) is 35.5 Å². The number of carbonyl (C=O) groups excluding carboxylic acids is 3. The van der Waals surface area contributed by atoms with E-state index < -0.39 is 17.5 Å². The van der Waals surface area contributed by atoms with Crippen molar-refractivity contribution in [2.45, 2.75) is 64.6 Å². The van der Waals surface area contributed by atoms with Crippen molar-refractivity contribution in [1.82, 2.24) is 4.90 Å². The number of amides is 1. The summed E-state index contributed by atoms with van der Waals surface area (Å²) < 4.78 is 10.3. The SMILES string of the molecule is CCOC(=O)C1=C(C)N(C2CCCCC2)C(O)(CN(C(C)=O)c2ccc(OC)cc2)C1=O. The molecule has 8 nitrogen and oxygen atoms in total. The molecule has 174 valence electrons. The van der Waals surface area contributed by atoms with Crippen molar-refractivity contribution in [3.05, 3.63) is 35.5 Å². The molecule has 0 spiro atoms. The van der Waals surface area contributed by atoms with Crippen LogP contribution in [0, 0.1) is 0 Å². The third-order valence-corrected chi connectivity index (χ3v) is 6.27. The average Bonchev–Trinajstić information content (AvgIpc) is 2.98. The molecule has 1 aliphatic carbocycles. The van der Waals surface area contributed by atoms with Crippen LogP contribution in [0.1, 0.15) is 52.9 Å². The first kappa shape index (κ1) is 23.8. The van der Waals surface area contributed by atoms with Gasteiger partial charge in [0.15, 0.2) is 0 Å². The molecule has 1 unspecified atom stereocenters. The van der Waals surface area contributed by atoms with Gasteiger partial charge >= 0.3 is 5.97 Å². The molecule has 0 radical (unpaired) electrons. The molecule has 1 amide bonds. The van der Waals surface area contributed by atoms with Gasteiger partial charge in [-0.3, -0.25) is 9.59 Å². The van der Waals surface area contributed by atoms with Crippen LogP contribution in [0.5, 0.6) is 5.75 Å². The van der Waals surface area contributed by atoms with Crippen LogP contribution in [0.3, 0.4) is 0 Å². The molecular formula is C24H32N2O6. The molecule has 1 saturated carbocycles. The molecule has 1 N–H and O–H groups in total. The van der Waals surface area contributed by atoms with Crippen molar-refractivity contribution in [2.24, 2.45) is 0 Å². The fourth-order valence-corrected chi connectivity index (χ4v) is 4.75. The van der Waals surface area contributed by atoms with E-state index in [0.717, 1.165) is 32.1 Å². The molecule has 32 heavy (non-hydrogen) atoms. The van der Waals surface area contributed by atoms with Crippen molar-refractivity contribution >= 4 is 23.3 Å². The molecule has 0 aromatic heterocycles. The third-order valence-electron chi connectivity index (χ3n) is 6.27. The first-order valence-corrected chi connectivity index (χ1v) is 11.1. The number of anilines is 1. The minimum atomic E-state index is -2.06. The number of rotatable bonds is 7. The van der Waals surface area contributed by atoms with Crippen LogP contribution >= 0.6 is 0 Å². The quantitative estimate of drug-likeness (QED) is 0.510. The molecule has 1 aromatic carbocycles. The number of carbonyl (C=O) groups is 3. The minimum absolute atomic E-state index is 0.102. The topological polar surface area (TPSA) is 96.4 Å². The van der Waals surface area contributed by atoms with Gasteiger partial charge in [-0.25, -0.2) is 4.79 Å². The Kier molecular flexibility index (Phi) is 7.23. The smallest absolute Gasteiger partial charge is 0.343 e. The Morgan fingerprint density at radius 1 is 1.19 bits per heavy atom. The second kappa shape index (κ2) is 9.73. The summed E-state index contributed by atoms with van der Waals surface area (Å²) in [6, 6.07) is 6.70. The fourth-order valence-electron chi connectivity index (χ4n) is 4.75. The van der Waals surface area contributed by atoms with E-state index >= 15 is 0 Å². The van der Waals surface area contributed by atoms with E-state index in [1.54, 1.807) is 50.1 Å². The number of Topliss-reactive ketones (excluding diaryl/α,β-unsaturated/α-hetero) is 1. The lowest BCUT2D eigenvalue weighted by molar-refractivity contribution is -0.153. The third kappa shape index (κ3) is 4.37. The van der Waals surface area contributed by atoms with Crippen molar-refractivity contribution in [2.75, 3.05) is 25.2 Å². The summed E-state index contributed by atoms with van der Waals surface area (Å²) in [7, 11) is 1.55. The highest BCUT2D eigenvalue weighted by atomic mass is 16.5. The molecule has 1 heterocycles. The Hall–Kier alpha value is -2.87. The normalized spacial score (nSPS) is 21.7. The molecule has 1 aliphatic heterocycles. The van der Waals surface area contributed by atoms with E-state index in [1.807, 2.05) is 0 Å². The second-order valence-electron chi connectivity index (χ2n) is 8.29. The first-order chi connectivity index (χ1) is 15.2. The average molecular weight is 445 g/mol. The number of nitrogens with zero attached hydrogens (tertiary/aromatic N) is 2. The number of ether oxygens (including phenoxy) is 2. The minimum Gasteiger partial charge on any atom is -0.497 e. The predicted octanol–water partition coefficient (Wildman–Crippen LogP) is 2.79. The zero-order chi connectivity index (χ0) is 23.5. The van der Waals surface area contributed by atoms with Gasteiger partial charge in [0.05, 0.1) is 20.3 Å². The van der Waals surface area contributed by atoms with Gasteiger partial charge in [-0.15, -0.1) is 0 Å². The zero-order valence-corrected chi connectivity index (χ0v) is 19.2. The largest absolute Gasteiger partial charge is 0.497 e. The van der Waals surface area contributed by atoms with Crippen LogP contribution in [0.4, 0.5) is 5.69 Å². The summed E-state index contributed by atoms with van der Waals surface area (Å²) in [6.45, 7) is 4.53. The van der Waals surface area contributed by atoms with Gasteiger partial charge in [0, 0.05) is 24.4 Å². The number of allylic oxidation sites excluding steroid dienone is 1. The molecular weight excluding hydrogens is 412 g/mol. The Bertz CT molecular complexity index is 904. The summed E-state index contributed by atoms with van der Waals surface area (Å²) >= 11 is 0. The van der Waals surface area contributed by atoms with Crippen LogP contribution in [0.25, 0.3) is 0 Å². The van der Waals surface area contributed by atoms with Crippen molar-refractivity contribution < 1.29 is 29.0 Å². The van der Waals surface area contributed by atoms with E-state index in [1.165, 1.54) is 11.8 Å². The maximum atomic E-state index is 13.5. The second-order valence-corrected chi connectivity index (χ2v) is 8.29. The van der Waals surface area contributed by atoms with Crippen molar-refractivity contribution in [3.63, 3.8) is 0 Å². The molecule has 0 saturated heterocycles. The van der Waals surface area contributed by atoms with Gasteiger partial charge < -0.3 is 24.4 Å². The van der Waals surface area contributed by atoms with E-state index in [2.05, 4.69) is 0 Å². The lowest BCUT2D eigenvalue weighted by Crippen LogP contribution is -2.61. The number of esters is 1. The monoisotopic (exact) mass is 444 g/mol. The molecule has 0 bridgehead atoms. The number of hydrogen-bond acceptors (Lipinski definition) is 7.